The van der Waals surface area contributed by atoms with Crippen molar-refractivity contribution in [2.24, 2.45) is 0 Å². The van der Waals surface area contributed by atoms with Crippen LogP contribution >= 0.6 is 15.9 Å². The Morgan fingerprint density at radius 3 is 2.92 bits per heavy atom. The molecule has 2 aromatic rings. The molecule has 62 valence electrons. The Bertz CT molecular complexity index is 408. The fourth-order valence-corrected chi connectivity index (χ4v) is 1.42. The number of para-hydroxylation sites is 1. The highest BCUT2D eigenvalue weighted by atomic mass is 79.9. The monoisotopic (exact) mass is 228 g/mol. The summed E-state index contributed by atoms with van der Waals surface area (Å²) < 4.78 is 18.3. The van der Waals surface area contributed by atoms with E-state index in [0.29, 0.717) is 10.9 Å². The van der Waals surface area contributed by atoms with Crippen molar-refractivity contribution in [3.05, 3.63) is 35.8 Å². The third-order valence-electron chi connectivity index (χ3n) is 1.68. The molecule has 0 unspecified atom stereocenters. The Kier molecular flexibility index (Phi) is 1.89. The van der Waals surface area contributed by atoms with Crippen molar-refractivity contribution in [3.8, 4) is 0 Å². The van der Waals surface area contributed by atoms with E-state index in [-0.39, 0.29) is 5.82 Å². The fraction of sp³-hybridized carbons (Fsp3) is 0.111. The van der Waals surface area contributed by atoms with Gasteiger partial charge in [-0.2, -0.15) is 0 Å². The van der Waals surface area contributed by atoms with E-state index in [4.69, 9.17) is 4.42 Å². The predicted octanol–water partition coefficient (Wildman–Crippen LogP) is 3.47. The minimum Gasteiger partial charge on any atom is -0.457 e. The van der Waals surface area contributed by atoms with Crippen molar-refractivity contribution < 1.29 is 8.81 Å². The number of hydrogen-bond acceptors (Lipinski definition) is 1. The van der Waals surface area contributed by atoms with Gasteiger partial charge < -0.3 is 4.42 Å². The molecule has 12 heavy (non-hydrogen) atoms. The maximum atomic E-state index is 13.0. The summed E-state index contributed by atoms with van der Waals surface area (Å²) in [5, 5.41) is 1.42. The van der Waals surface area contributed by atoms with Crippen LogP contribution in [0.2, 0.25) is 0 Å². The van der Waals surface area contributed by atoms with Gasteiger partial charge in [0.1, 0.15) is 5.76 Å². The highest BCUT2D eigenvalue weighted by Crippen LogP contribution is 2.22. The Hall–Kier alpha value is -0.830. The molecule has 0 aliphatic heterocycles. The third-order valence-corrected chi connectivity index (χ3v) is 2.23. The first-order valence-corrected chi connectivity index (χ1v) is 4.66. The maximum absolute atomic E-state index is 13.0. The van der Waals surface area contributed by atoms with Crippen LogP contribution in [0, 0.1) is 5.82 Å². The van der Waals surface area contributed by atoms with Crippen LogP contribution < -0.4 is 0 Å². The number of rotatable bonds is 1. The molecule has 0 N–H and O–H groups in total. The smallest absolute Gasteiger partial charge is 0.169 e. The molecule has 0 radical (unpaired) electrons. The van der Waals surface area contributed by atoms with Gasteiger partial charge in [0.05, 0.1) is 5.33 Å². The molecule has 0 aliphatic carbocycles. The highest BCUT2D eigenvalue weighted by molar-refractivity contribution is 9.08. The SMILES string of the molecule is Fc1cccc2cc(CBr)oc12. The van der Waals surface area contributed by atoms with Gasteiger partial charge in [-0.3, -0.25) is 0 Å². The largest absolute Gasteiger partial charge is 0.457 e. The van der Waals surface area contributed by atoms with Crippen molar-refractivity contribution in [1.29, 1.82) is 0 Å². The Morgan fingerprint density at radius 2 is 2.25 bits per heavy atom. The summed E-state index contributed by atoms with van der Waals surface area (Å²) >= 11 is 3.24. The van der Waals surface area contributed by atoms with E-state index in [0.717, 1.165) is 11.1 Å². The molecule has 1 aromatic heterocycles. The van der Waals surface area contributed by atoms with E-state index in [2.05, 4.69) is 15.9 Å². The van der Waals surface area contributed by atoms with Crippen LogP contribution in [-0.4, -0.2) is 0 Å². The molecule has 0 atom stereocenters. The number of furan rings is 1. The van der Waals surface area contributed by atoms with Gasteiger partial charge in [0.15, 0.2) is 11.4 Å². The van der Waals surface area contributed by atoms with Crippen LogP contribution in [-0.2, 0) is 5.33 Å². The number of alkyl halides is 1. The third kappa shape index (κ3) is 1.14. The second-order valence-electron chi connectivity index (χ2n) is 2.50. The molecule has 0 fully saturated rings. The van der Waals surface area contributed by atoms with Crippen LogP contribution in [0.3, 0.4) is 0 Å². The molecular weight excluding hydrogens is 223 g/mol. The van der Waals surface area contributed by atoms with Gasteiger partial charge in [-0.05, 0) is 12.1 Å². The van der Waals surface area contributed by atoms with Crippen molar-refractivity contribution in [2.75, 3.05) is 0 Å². The second-order valence-corrected chi connectivity index (χ2v) is 3.07. The lowest BCUT2D eigenvalue weighted by Gasteiger charge is -1.87. The quantitative estimate of drug-likeness (QED) is 0.682. The Morgan fingerprint density at radius 1 is 1.42 bits per heavy atom. The van der Waals surface area contributed by atoms with Gasteiger partial charge in [0, 0.05) is 5.39 Å². The van der Waals surface area contributed by atoms with Crippen molar-refractivity contribution in [2.45, 2.75) is 5.33 Å². The molecule has 1 heterocycles. The summed E-state index contributed by atoms with van der Waals surface area (Å²) in [6, 6.07) is 6.72. The molecule has 0 saturated heterocycles. The maximum Gasteiger partial charge on any atom is 0.169 e. The van der Waals surface area contributed by atoms with E-state index < -0.39 is 0 Å². The van der Waals surface area contributed by atoms with Gasteiger partial charge in [0.25, 0.3) is 0 Å². The Labute approximate surface area is 77.3 Å². The molecule has 0 bridgehead atoms. The fourth-order valence-electron chi connectivity index (χ4n) is 1.15. The molecular formula is C9H6BrFO. The average Bonchev–Trinajstić information content (AvgIpc) is 2.49. The number of benzene rings is 1. The lowest BCUT2D eigenvalue weighted by molar-refractivity contribution is 0.536. The second kappa shape index (κ2) is 2.90. The number of halogens is 2. The standard InChI is InChI=1S/C9H6BrFO/c10-5-7-4-6-2-1-3-8(11)9(6)12-7/h1-4H,5H2. The van der Waals surface area contributed by atoms with E-state index in [1.165, 1.54) is 6.07 Å². The number of fused-ring (bicyclic) bond motifs is 1. The first-order valence-electron chi connectivity index (χ1n) is 3.54. The molecule has 3 heteroatoms. The van der Waals surface area contributed by atoms with Crippen LogP contribution in [0.15, 0.2) is 28.7 Å². The lowest BCUT2D eigenvalue weighted by atomic mass is 10.2. The van der Waals surface area contributed by atoms with Crippen LogP contribution in [0.4, 0.5) is 4.39 Å². The summed E-state index contributed by atoms with van der Waals surface area (Å²) in [6.45, 7) is 0. The molecule has 1 aromatic carbocycles. The molecule has 2 rings (SSSR count). The predicted molar refractivity (Wildman–Crippen MR) is 48.8 cm³/mol. The summed E-state index contributed by atoms with van der Waals surface area (Å²) in [7, 11) is 0. The van der Waals surface area contributed by atoms with Crippen molar-refractivity contribution >= 4 is 26.9 Å². The summed E-state index contributed by atoms with van der Waals surface area (Å²) in [4.78, 5) is 0. The first kappa shape index (κ1) is 7.80. The summed E-state index contributed by atoms with van der Waals surface area (Å²) in [6.07, 6.45) is 0. The molecule has 0 amide bonds. The normalized spacial score (nSPS) is 10.8. The summed E-state index contributed by atoms with van der Waals surface area (Å²) in [5.74, 6) is 0.440. The van der Waals surface area contributed by atoms with E-state index in [1.54, 1.807) is 6.07 Å². The minimum atomic E-state index is -0.306. The van der Waals surface area contributed by atoms with Gasteiger partial charge in [-0.15, -0.1) is 0 Å². The molecule has 0 aliphatic rings. The van der Waals surface area contributed by atoms with Crippen LogP contribution in [0.5, 0.6) is 0 Å². The van der Waals surface area contributed by atoms with Crippen LogP contribution in [0.25, 0.3) is 11.0 Å². The van der Waals surface area contributed by atoms with Crippen molar-refractivity contribution in [3.63, 3.8) is 0 Å². The average molecular weight is 229 g/mol. The van der Waals surface area contributed by atoms with Gasteiger partial charge in [-0.1, -0.05) is 28.1 Å². The number of hydrogen-bond donors (Lipinski definition) is 0. The Balaban J connectivity index is 2.74. The van der Waals surface area contributed by atoms with Gasteiger partial charge >= 0.3 is 0 Å². The zero-order chi connectivity index (χ0) is 8.55. The minimum absolute atomic E-state index is 0.306. The van der Waals surface area contributed by atoms with E-state index in [1.807, 2.05) is 12.1 Å². The zero-order valence-corrected chi connectivity index (χ0v) is 7.77. The van der Waals surface area contributed by atoms with E-state index >= 15 is 0 Å². The van der Waals surface area contributed by atoms with Gasteiger partial charge in [-0.25, -0.2) is 4.39 Å². The molecule has 1 nitrogen and oxygen atoms in total. The van der Waals surface area contributed by atoms with Crippen molar-refractivity contribution in [1.82, 2.24) is 0 Å². The first-order chi connectivity index (χ1) is 5.81. The van der Waals surface area contributed by atoms with Crippen LogP contribution in [0.1, 0.15) is 5.76 Å². The topological polar surface area (TPSA) is 13.1 Å². The van der Waals surface area contributed by atoms with Gasteiger partial charge in [0.2, 0.25) is 0 Å². The highest BCUT2D eigenvalue weighted by Gasteiger charge is 2.05. The zero-order valence-electron chi connectivity index (χ0n) is 6.18. The summed E-state index contributed by atoms with van der Waals surface area (Å²) in [5.41, 5.74) is 0.340. The molecule has 0 spiro atoms. The molecule has 0 saturated carbocycles. The lowest BCUT2D eigenvalue weighted by Crippen LogP contribution is -1.71. The van der Waals surface area contributed by atoms with E-state index in [9.17, 15) is 4.39 Å².